The van der Waals surface area contributed by atoms with Gasteiger partial charge in [-0.25, -0.2) is 0 Å². The second-order valence-corrected chi connectivity index (χ2v) is 4.72. The van der Waals surface area contributed by atoms with Crippen LogP contribution in [0.2, 0.25) is 0 Å². The molecule has 1 unspecified atom stereocenters. The van der Waals surface area contributed by atoms with E-state index in [-0.39, 0.29) is 0 Å². The van der Waals surface area contributed by atoms with E-state index in [9.17, 15) is 0 Å². The van der Waals surface area contributed by atoms with Crippen molar-refractivity contribution in [3.63, 3.8) is 0 Å². The maximum atomic E-state index is 4.27. The largest absolute Gasteiger partial charge is 0.316 e. The minimum atomic E-state index is 0.811. The molecular formula is C13H17N3. The van der Waals surface area contributed by atoms with Gasteiger partial charge in [-0.2, -0.15) is 5.10 Å². The van der Waals surface area contributed by atoms with Crippen LogP contribution in [0.25, 0.3) is 10.9 Å². The van der Waals surface area contributed by atoms with Gasteiger partial charge in [0, 0.05) is 12.4 Å². The van der Waals surface area contributed by atoms with Crippen molar-refractivity contribution < 1.29 is 0 Å². The van der Waals surface area contributed by atoms with Gasteiger partial charge in [-0.3, -0.25) is 4.68 Å². The van der Waals surface area contributed by atoms with Crippen molar-refractivity contribution in [1.82, 2.24) is 15.1 Å². The molecule has 2 aromatic rings. The Morgan fingerprint density at radius 2 is 2.44 bits per heavy atom. The van der Waals surface area contributed by atoms with Gasteiger partial charge in [0.25, 0.3) is 0 Å². The standard InChI is InChI=1S/C13H17N3/c1-16-13-7-10(2-3-12(13)9-15-16)6-11-4-5-14-8-11/h2-3,7,9,11,14H,4-6,8H2,1H3. The molecule has 3 rings (SSSR count). The molecule has 16 heavy (non-hydrogen) atoms. The van der Waals surface area contributed by atoms with Gasteiger partial charge in [0.15, 0.2) is 0 Å². The second-order valence-electron chi connectivity index (χ2n) is 4.72. The highest BCUT2D eigenvalue weighted by molar-refractivity contribution is 5.79. The number of rotatable bonds is 2. The molecule has 1 aromatic carbocycles. The summed E-state index contributed by atoms with van der Waals surface area (Å²) in [6, 6.07) is 6.70. The van der Waals surface area contributed by atoms with Gasteiger partial charge in [0.2, 0.25) is 0 Å². The summed E-state index contributed by atoms with van der Waals surface area (Å²) in [6.45, 7) is 2.35. The van der Waals surface area contributed by atoms with E-state index in [0.29, 0.717) is 0 Å². The Bertz CT molecular complexity index is 495. The van der Waals surface area contributed by atoms with Crippen molar-refractivity contribution in [2.75, 3.05) is 13.1 Å². The summed E-state index contributed by atoms with van der Waals surface area (Å²) in [6.07, 6.45) is 4.42. The molecular weight excluding hydrogens is 198 g/mol. The first kappa shape index (κ1) is 9.85. The molecule has 1 aromatic heterocycles. The van der Waals surface area contributed by atoms with Crippen molar-refractivity contribution in [3.05, 3.63) is 30.0 Å². The molecule has 2 heterocycles. The van der Waals surface area contributed by atoms with Crippen LogP contribution in [0.15, 0.2) is 24.4 Å². The molecule has 3 heteroatoms. The van der Waals surface area contributed by atoms with E-state index in [1.807, 2.05) is 17.9 Å². The van der Waals surface area contributed by atoms with Gasteiger partial charge in [-0.05, 0) is 43.5 Å². The van der Waals surface area contributed by atoms with Crippen LogP contribution >= 0.6 is 0 Å². The molecule has 1 fully saturated rings. The summed E-state index contributed by atoms with van der Waals surface area (Å²) in [5, 5.41) is 8.92. The van der Waals surface area contributed by atoms with Crippen LogP contribution in [0.1, 0.15) is 12.0 Å². The minimum Gasteiger partial charge on any atom is -0.316 e. The smallest absolute Gasteiger partial charge is 0.0681 e. The molecule has 0 aliphatic carbocycles. The molecule has 0 spiro atoms. The maximum absolute atomic E-state index is 4.27. The van der Waals surface area contributed by atoms with E-state index in [4.69, 9.17) is 0 Å². The van der Waals surface area contributed by atoms with Gasteiger partial charge in [0.05, 0.1) is 11.7 Å². The van der Waals surface area contributed by atoms with Gasteiger partial charge in [-0.1, -0.05) is 12.1 Å². The van der Waals surface area contributed by atoms with Crippen LogP contribution in [-0.2, 0) is 13.5 Å². The highest BCUT2D eigenvalue weighted by Gasteiger charge is 2.15. The first-order valence-electron chi connectivity index (χ1n) is 5.94. The predicted octanol–water partition coefficient (Wildman–Crippen LogP) is 1.73. The molecule has 1 N–H and O–H groups in total. The van der Waals surface area contributed by atoms with Crippen LogP contribution in [0.3, 0.4) is 0 Å². The Hall–Kier alpha value is -1.35. The summed E-state index contributed by atoms with van der Waals surface area (Å²) in [4.78, 5) is 0. The zero-order valence-electron chi connectivity index (χ0n) is 9.61. The number of aryl methyl sites for hydroxylation is 1. The second kappa shape index (κ2) is 3.91. The lowest BCUT2D eigenvalue weighted by Crippen LogP contribution is -2.10. The van der Waals surface area contributed by atoms with E-state index in [2.05, 4.69) is 28.6 Å². The van der Waals surface area contributed by atoms with E-state index in [1.165, 1.54) is 42.4 Å². The van der Waals surface area contributed by atoms with Gasteiger partial charge < -0.3 is 5.32 Å². The molecule has 1 aliphatic heterocycles. The summed E-state index contributed by atoms with van der Waals surface area (Å²) in [5.41, 5.74) is 2.67. The highest BCUT2D eigenvalue weighted by Crippen LogP contribution is 2.19. The molecule has 1 atom stereocenters. The molecule has 0 amide bonds. The molecule has 1 aliphatic rings. The number of aromatic nitrogens is 2. The third-order valence-corrected chi connectivity index (χ3v) is 3.50. The maximum Gasteiger partial charge on any atom is 0.0681 e. The van der Waals surface area contributed by atoms with Crippen molar-refractivity contribution in [2.45, 2.75) is 12.8 Å². The Balaban J connectivity index is 1.88. The normalized spacial score (nSPS) is 20.7. The summed E-state index contributed by atoms with van der Waals surface area (Å²) >= 11 is 0. The van der Waals surface area contributed by atoms with Gasteiger partial charge in [-0.15, -0.1) is 0 Å². The van der Waals surface area contributed by atoms with E-state index in [0.717, 1.165) is 5.92 Å². The SMILES string of the molecule is Cn1ncc2ccc(CC3CCNC3)cc21. The summed E-state index contributed by atoms with van der Waals surface area (Å²) in [7, 11) is 2.00. The lowest BCUT2D eigenvalue weighted by molar-refractivity contribution is 0.580. The average Bonchev–Trinajstić information content (AvgIpc) is 2.90. The molecule has 1 saturated heterocycles. The predicted molar refractivity (Wildman–Crippen MR) is 65.4 cm³/mol. The molecule has 84 valence electrons. The van der Waals surface area contributed by atoms with Crippen LogP contribution in [0, 0.1) is 5.92 Å². The fourth-order valence-electron chi connectivity index (χ4n) is 2.54. The number of hydrogen-bond acceptors (Lipinski definition) is 2. The van der Waals surface area contributed by atoms with Crippen LogP contribution in [0.5, 0.6) is 0 Å². The van der Waals surface area contributed by atoms with Crippen molar-refractivity contribution in [1.29, 1.82) is 0 Å². The number of benzene rings is 1. The van der Waals surface area contributed by atoms with Crippen LogP contribution in [-0.4, -0.2) is 22.9 Å². The van der Waals surface area contributed by atoms with E-state index in [1.54, 1.807) is 0 Å². The first-order chi connectivity index (χ1) is 7.83. The first-order valence-corrected chi connectivity index (χ1v) is 5.94. The third-order valence-electron chi connectivity index (χ3n) is 3.50. The van der Waals surface area contributed by atoms with Crippen LogP contribution < -0.4 is 5.32 Å². The van der Waals surface area contributed by atoms with Gasteiger partial charge >= 0.3 is 0 Å². The van der Waals surface area contributed by atoms with Crippen molar-refractivity contribution in [3.8, 4) is 0 Å². The average molecular weight is 215 g/mol. The van der Waals surface area contributed by atoms with E-state index >= 15 is 0 Å². The Kier molecular flexibility index (Phi) is 2.40. The van der Waals surface area contributed by atoms with Crippen molar-refractivity contribution >= 4 is 10.9 Å². The lowest BCUT2D eigenvalue weighted by atomic mass is 9.98. The Morgan fingerprint density at radius 1 is 1.50 bits per heavy atom. The monoisotopic (exact) mass is 215 g/mol. The Morgan fingerprint density at radius 3 is 3.25 bits per heavy atom. The minimum absolute atomic E-state index is 0.811. The molecule has 0 bridgehead atoms. The quantitative estimate of drug-likeness (QED) is 0.826. The zero-order valence-corrected chi connectivity index (χ0v) is 9.61. The number of nitrogens with one attached hydrogen (secondary N) is 1. The van der Waals surface area contributed by atoms with Crippen molar-refractivity contribution in [2.24, 2.45) is 13.0 Å². The van der Waals surface area contributed by atoms with E-state index < -0.39 is 0 Å². The topological polar surface area (TPSA) is 29.9 Å². The summed E-state index contributed by atoms with van der Waals surface area (Å²) < 4.78 is 1.95. The highest BCUT2D eigenvalue weighted by atomic mass is 15.2. The zero-order chi connectivity index (χ0) is 11.0. The Labute approximate surface area is 95.5 Å². The molecule has 0 saturated carbocycles. The fraction of sp³-hybridized carbons (Fsp3) is 0.462. The molecule has 0 radical (unpaired) electrons. The van der Waals surface area contributed by atoms with Crippen LogP contribution in [0.4, 0.5) is 0 Å². The lowest BCUT2D eigenvalue weighted by Gasteiger charge is -2.08. The third kappa shape index (κ3) is 1.71. The number of fused-ring (bicyclic) bond motifs is 1. The molecule has 3 nitrogen and oxygen atoms in total. The summed E-state index contributed by atoms with van der Waals surface area (Å²) in [5.74, 6) is 0.811. The fourth-order valence-corrected chi connectivity index (χ4v) is 2.54. The number of hydrogen-bond donors (Lipinski definition) is 1. The van der Waals surface area contributed by atoms with Gasteiger partial charge in [0.1, 0.15) is 0 Å². The number of nitrogens with zero attached hydrogens (tertiary/aromatic N) is 2.